The number of hydrogen-bond acceptors (Lipinski definition) is 1. The molecule has 5 aromatic carbocycles. The van der Waals surface area contributed by atoms with E-state index in [1.165, 1.54) is 54.6 Å². The summed E-state index contributed by atoms with van der Waals surface area (Å²) < 4.78 is 0. The van der Waals surface area contributed by atoms with E-state index in [4.69, 9.17) is 4.98 Å². The van der Waals surface area contributed by atoms with Gasteiger partial charge in [0.25, 0.3) is 0 Å². The van der Waals surface area contributed by atoms with E-state index in [1.807, 2.05) is 0 Å². The maximum Gasteiger partial charge on any atom is 0.0794 e. The van der Waals surface area contributed by atoms with Crippen molar-refractivity contribution >= 4 is 49.4 Å². The number of nitrogens with zero attached hydrogens (tertiary/aromatic N) is 1. The minimum Gasteiger partial charge on any atom is -0.246 e. The zero-order chi connectivity index (χ0) is 21.9. The summed E-state index contributed by atoms with van der Waals surface area (Å²) in [4.78, 5) is 5.36. The lowest BCUT2D eigenvalue weighted by molar-refractivity contribution is 0.718. The topological polar surface area (TPSA) is 12.9 Å². The second-order valence-electron chi connectivity index (χ2n) is 9.27. The van der Waals surface area contributed by atoms with Crippen LogP contribution >= 0.6 is 0 Å². The van der Waals surface area contributed by atoms with Gasteiger partial charge in [-0.3, -0.25) is 0 Å². The van der Waals surface area contributed by atoms with Gasteiger partial charge < -0.3 is 0 Å². The highest BCUT2D eigenvalue weighted by Crippen LogP contribution is 2.42. The molecule has 1 unspecified atom stereocenters. The van der Waals surface area contributed by atoms with Gasteiger partial charge in [-0.1, -0.05) is 110 Å². The third kappa shape index (κ3) is 2.75. The molecule has 0 bridgehead atoms. The van der Waals surface area contributed by atoms with Gasteiger partial charge in [-0.2, -0.15) is 0 Å². The third-order valence-electron chi connectivity index (χ3n) is 7.16. The molecule has 1 atom stereocenters. The Morgan fingerprint density at radius 1 is 0.636 bits per heavy atom. The van der Waals surface area contributed by atoms with E-state index in [1.54, 1.807) is 0 Å². The molecule has 0 amide bonds. The van der Waals surface area contributed by atoms with E-state index >= 15 is 0 Å². The van der Waals surface area contributed by atoms with Crippen molar-refractivity contribution in [2.24, 2.45) is 5.92 Å². The van der Waals surface area contributed by atoms with Crippen molar-refractivity contribution in [1.82, 2.24) is 4.98 Å². The van der Waals surface area contributed by atoms with Crippen LogP contribution in [0.4, 0.5) is 0 Å². The summed E-state index contributed by atoms with van der Waals surface area (Å²) in [5.74, 6) is 0.564. The molecule has 1 aromatic heterocycles. The van der Waals surface area contributed by atoms with E-state index in [2.05, 4.69) is 110 Å². The summed E-state index contributed by atoms with van der Waals surface area (Å²) in [6.45, 7) is 2.28. The number of rotatable bonds is 1. The Morgan fingerprint density at radius 2 is 1.33 bits per heavy atom. The van der Waals surface area contributed by atoms with Crippen LogP contribution in [0, 0.1) is 5.92 Å². The van der Waals surface area contributed by atoms with Crippen molar-refractivity contribution in [3.05, 3.63) is 108 Å². The number of allylic oxidation sites excluding steroid dienone is 1. The van der Waals surface area contributed by atoms with Gasteiger partial charge in [0.2, 0.25) is 0 Å². The van der Waals surface area contributed by atoms with Crippen LogP contribution in [0.5, 0.6) is 0 Å². The Bertz CT molecular complexity index is 1750. The van der Waals surface area contributed by atoms with Crippen LogP contribution in [-0.4, -0.2) is 4.98 Å². The molecule has 1 heteroatoms. The predicted octanol–water partition coefficient (Wildman–Crippen LogP) is 8.57. The second-order valence-corrected chi connectivity index (χ2v) is 9.27. The molecule has 0 saturated carbocycles. The largest absolute Gasteiger partial charge is 0.246 e. The molecule has 1 heterocycles. The standard InChI is InChI=1S/C32H23N/c1-20-13-16-26-23(19-20)15-18-29-30(27-12-6-9-21-7-2-4-10-24(21)27)28-17-14-22-8-3-5-11-25(22)31(28)33-32(26)29/h2-18,20H,19H2,1H3. The van der Waals surface area contributed by atoms with Crippen LogP contribution in [-0.2, 0) is 6.42 Å². The quantitative estimate of drug-likeness (QED) is 0.191. The molecule has 0 radical (unpaired) electrons. The number of fused-ring (bicyclic) bond motifs is 7. The van der Waals surface area contributed by atoms with Crippen molar-refractivity contribution in [2.75, 3.05) is 0 Å². The smallest absolute Gasteiger partial charge is 0.0794 e. The number of hydrogen-bond donors (Lipinski definition) is 0. The molecular weight excluding hydrogens is 398 g/mol. The van der Waals surface area contributed by atoms with Gasteiger partial charge in [0, 0.05) is 27.3 Å². The van der Waals surface area contributed by atoms with Gasteiger partial charge in [0.15, 0.2) is 0 Å². The number of benzene rings is 5. The minimum absolute atomic E-state index is 0.564. The molecule has 0 spiro atoms. The molecule has 0 N–H and O–H groups in total. The van der Waals surface area contributed by atoms with Crippen molar-refractivity contribution in [3.8, 4) is 11.1 Å². The SMILES string of the molecule is CC1C=Cc2c(ccc3c(-c4cccc5ccccc45)c4ccc5ccccc5c4nc23)C1. The molecule has 0 saturated heterocycles. The van der Waals surface area contributed by atoms with E-state index in [9.17, 15) is 0 Å². The normalized spacial score (nSPS) is 15.5. The number of pyridine rings is 1. The summed E-state index contributed by atoms with van der Waals surface area (Å²) in [5, 5.41) is 7.43. The highest BCUT2D eigenvalue weighted by Gasteiger charge is 2.20. The van der Waals surface area contributed by atoms with Gasteiger partial charge in [-0.15, -0.1) is 0 Å². The molecule has 7 rings (SSSR count). The van der Waals surface area contributed by atoms with Gasteiger partial charge >= 0.3 is 0 Å². The molecule has 1 aliphatic rings. The monoisotopic (exact) mass is 421 g/mol. The molecular formula is C32H23N. The summed E-state index contributed by atoms with van der Waals surface area (Å²) in [6, 6.07) is 33.1. The first-order valence-corrected chi connectivity index (χ1v) is 11.7. The molecule has 0 aliphatic heterocycles. The van der Waals surface area contributed by atoms with Crippen molar-refractivity contribution in [3.63, 3.8) is 0 Å². The van der Waals surface area contributed by atoms with Gasteiger partial charge in [0.05, 0.1) is 11.0 Å². The summed E-state index contributed by atoms with van der Waals surface area (Å²) in [6.07, 6.45) is 5.69. The third-order valence-corrected chi connectivity index (χ3v) is 7.16. The zero-order valence-corrected chi connectivity index (χ0v) is 18.5. The Morgan fingerprint density at radius 3 is 2.21 bits per heavy atom. The molecule has 33 heavy (non-hydrogen) atoms. The summed E-state index contributed by atoms with van der Waals surface area (Å²) in [7, 11) is 0. The van der Waals surface area contributed by atoms with Crippen LogP contribution in [0.25, 0.3) is 60.6 Å². The van der Waals surface area contributed by atoms with Crippen LogP contribution in [0.3, 0.4) is 0 Å². The van der Waals surface area contributed by atoms with Crippen molar-refractivity contribution < 1.29 is 0 Å². The van der Waals surface area contributed by atoms with Crippen LogP contribution in [0.15, 0.2) is 97.1 Å². The molecule has 1 aliphatic carbocycles. The Balaban J connectivity index is 1.72. The van der Waals surface area contributed by atoms with E-state index in [0.29, 0.717) is 5.92 Å². The highest BCUT2D eigenvalue weighted by molar-refractivity contribution is 6.20. The highest BCUT2D eigenvalue weighted by atomic mass is 14.7. The zero-order valence-electron chi connectivity index (χ0n) is 18.5. The molecule has 6 aromatic rings. The maximum absolute atomic E-state index is 5.36. The van der Waals surface area contributed by atoms with Crippen LogP contribution in [0.1, 0.15) is 18.1 Å². The fourth-order valence-electron chi connectivity index (χ4n) is 5.58. The first-order chi connectivity index (χ1) is 16.3. The fourth-order valence-corrected chi connectivity index (χ4v) is 5.58. The Labute approximate surface area is 193 Å². The summed E-state index contributed by atoms with van der Waals surface area (Å²) >= 11 is 0. The lowest BCUT2D eigenvalue weighted by atomic mass is 9.86. The Hall–Kier alpha value is -3.97. The lowest BCUT2D eigenvalue weighted by Gasteiger charge is -2.20. The van der Waals surface area contributed by atoms with Crippen molar-refractivity contribution in [2.45, 2.75) is 13.3 Å². The predicted molar refractivity (Wildman–Crippen MR) is 142 cm³/mol. The van der Waals surface area contributed by atoms with E-state index in [0.717, 1.165) is 17.5 Å². The van der Waals surface area contributed by atoms with Gasteiger partial charge in [-0.05, 0) is 39.6 Å². The molecule has 0 fully saturated rings. The van der Waals surface area contributed by atoms with Crippen molar-refractivity contribution in [1.29, 1.82) is 0 Å². The average Bonchev–Trinajstić information content (AvgIpc) is 2.86. The first-order valence-electron chi connectivity index (χ1n) is 11.7. The molecule has 156 valence electrons. The minimum atomic E-state index is 0.564. The molecule has 1 nitrogen and oxygen atoms in total. The van der Waals surface area contributed by atoms with Gasteiger partial charge in [-0.25, -0.2) is 4.98 Å². The van der Waals surface area contributed by atoms with Gasteiger partial charge in [0.1, 0.15) is 0 Å². The lowest BCUT2D eigenvalue weighted by Crippen LogP contribution is -2.05. The second kappa shape index (κ2) is 7.02. The Kier molecular flexibility index (Phi) is 3.95. The average molecular weight is 422 g/mol. The fraction of sp³-hybridized carbons (Fsp3) is 0.0938. The van der Waals surface area contributed by atoms with E-state index in [-0.39, 0.29) is 0 Å². The van der Waals surface area contributed by atoms with Crippen LogP contribution < -0.4 is 0 Å². The van der Waals surface area contributed by atoms with E-state index < -0.39 is 0 Å². The maximum atomic E-state index is 5.36. The van der Waals surface area contributed by atoms with Crippen LogP contribution in [0.2, 0.25) is 0 Å². The first kappa shape index (κ1) is 18.6. The number of aromatic nitrogens is 1. The summed E-state index contributed by atoms with van der Waals surface area (Å²) in [5.41, 5.74) is 7.43.